The Hall–Kier alpha value is -2.51. The van der Waals surface area contributed by atoms with Gasteiger partial charge in [-0.05, 0) is 49.6 Å². The van der Waals surface area contributed by atoms with E-state index in [1.165, 1.54) is 0 Å². The van der Waals surface area contributed by atoms with Crippen molar-refractivity contribution in [2.45, 2.75) is 45.9 Å². The van der Waals surface area contributed by atoms with Crippen LogP contribution in [0.25, 0.3) is 0 Å². The van der Waals surface area contributed by atoms with Crippen molar-refractivity contribution in [3.8, 4) is 6.07 Å². The van der Waals surface area contributed by atoms with Crippen LogP contribution in [0.1, 0.15) is 37.5 Å². The normalized spacial score (nSPS) is 10.9. The van der Waals surface area contributed by atoms with E-state index in [-0.39, 0.29) is 6.09 Å². The summed E-state index contributed by atoms with van der Waals surface area (Å²) in [7, 11) is 0. The zero-order valence-electron chi connectivity index (χ0n) is 15.3. The van der Waals surface area contributed by atoms with Gasteiger partial charge in [-0.15, -0.1) is 0 Å². The third kappa shape index (κ3) is 6.42. The van der Waals surface area contributed by atoms with E-state index in [0.29, 0.717) is 24.5 Å². The summed E-state index contributed by atoms with van der Waals surface area (Å²) in [5.41, 5.74) is 2.34. The lowest BCUT2D eigenvalue weighted by Gasteiger charge is -2.27. The number of nitriles is 1. The molecule has 2 rings (SSSR count). The molecule has 0 spiro atoms. The number of carbonyl (C=O) groups excluding carboxylic acids is 1. The number of ether oxygens (including phenoxy) is 1. The van der Waals surface area contributed by atoms with Crippen LogP contribution in [-0.4, -0.2) is 16.6 Å². The Kier molecular flexibility index (Phi) is 6.65. The molecule has 0 aromatic heterocycles. The van der Waals surface area contributed by atoms with Gasteiger partial charge in [-0.3, -0.25) is 4.90 Å². The summed E-state index contributed by atoms with van der Waals surface area (Å²) in [4.78, 5) is 14.3. The van der Waals surface area contributed by atoms with Gasteiger partial charge in [-0.1, -0.05) is 48.0 Å². The molecule has 0 saturated heterocycles. The molecule has 0 aliphatic carbocycles. The number of hydrogen-bond donors (Lipinski definition) is 0. The van der Waals surface area contributed by atoms with E-state index >= 15 is 0 Å². The number of nitrogens with zero attached hydrogens (tertiary/aromatic N) is 2. The standard InChI is InChI=1S/C21H23ClN2O2/c1-21(2,3)26-20(25)24(15-18-8-10-19(22)11-9-18)14-17-6-4-16(5-7-17)12-13-23/h4-11H,12,14-15H2,1-3H3. The molecule has 2 aromatic rings. The molecule has 0 bridgehead atoms. The fourth-order valence-corrected chi connectivity index (χ4v) is 2.52. The quantitative estimate of drug-likeness (QED) is 0.713. The van der Waals surface area contributed by atoms with Crippen LogP contribution in [-0.2, 0) is 24.2 Å². The van der Waals surface area contributed by atoms with Crippen LogP contribution in [0.4, 0.5) is 4.79 Å². The molecule has 0 atom stereocenters. The van der Waals surface area contributed by atoms with Gasteiger partial charge in [0.25, 0.3) is 0 Å². The van der Waals surface area contributed by atoms with Crippen molar-refractivity contribution in [1.29, 1.82) is 5.26 Å². The predicted molar refractivity (Wildman–Crippen MR) is 103 cm³/mol. The molecule has 0 unspecified atom stereocenters. The average molecular weight is 371 g/mol. The summed E-state index contributed by atoms with van der Waals surface area (Å²) in [6.07, 6.45) is 0.00875. The first kappa shape index (κ1) is 19.8. The molecule has 2 aromatic carbocycles. The van der Waals surface area contributed by atoms with E-state index in [4.69, 9.17) is 21.6 Å². The van der Waals surface area contributed by atoms with Gasteiger partial charge in [0.15, 0.2) is 0 Å². The van der Waals surface area contributed by atoms with Crippen molar-refractivity contribution in [3.63, 3.8) is 0 Å². The maximum absolute atomic E-state index is 12.6. The second-order valence-electron chi connectivity index (χ2n) is 7.11. The molecule has 4 nitrogen and oxygen atoms in total. The van der Waals surface area contributed by atoms with Gasteiger partial charge >= 0.3 is 6.09 Å². The SMILES string of the molecule is CC(C)(C)OC(=O)N(Cc1ccc(Cl)cc1)Cc1ccc(CC#N)cc1. The van der Waals surface area contributed by atoms with Crippen LogP contribution in [0.15, 0.2) is 48.5 Å². The van der Waals surface area contributed by atoms with Crippen LogP contribution < -0.4 is 0 Å². The van der Waals surface area contributed by atoms with Crippen molar-refractivity contribution >= 4 is 17.7 Å². The maximum atomic E-state index is 12.6. The van der Waals surface area contributed by atoms with E-state index in [1.54, 1.807) is 17.0 Å². The summed E-state index contributed by atoms with van der Waals surface area (Å²) in [6.45, 7) is 6.39. The average Bonchev–Trinajstić information content (AvgIpc) is 2.56. The van der Waals surface area contributed by atoms with E-state index in [0.717, 1.165) is 16.7 Å². The second kappa shape index (κ2) is 8.73. The zero-order valence-corrected chi connectivity index (χ0v) is 16.1. The van der Waals surface area contributed by atoms with Crippen LogP contribution in [0, 0.1) is 11.3 Å². The van der Waals surface area contributed by atoms with E-state index < -0.39 is 5.60 Å². The Bertz CT molecular complexity index is 772. The molecule has 26 heavy (non-hydrogen) atoms. The fraction of sp³-hybridized carbons (Fsp3) is 0.333. The third-order valence-corrected chi connectivity index (χ3v) is 3.87. The van der Waals surface area contributed by atoms with Crippen LogP contribution >= 0.6 is 11.6 Å². The van der Waals surface area contributed by atoms with Gasteiger partial charge in [0.1, 0.15) is 5.60 Å². The minimum atomic E-state index is -0.564. The lowest BCUT2D eigenvalue weighted by molar-refractivity contribution is 0.0216. The lowest BCUT2D eigenvalue weighted by atomic mass is 10.1. The van der Waals surface area contributed by atoms with Gasteiger partial charge in [0, 0.05) is 18.1 Å². The molecule has 0 N–H and O–H groups in total. The topological polar surface area (TPSA) is 53.3 Å². The van der Waals surface area contributed by atoms with Gasteiger partial charge in [-0.25, -0.2) is 4.79 Å². The summed E-state index contributed by atoms with van der Waals surface area (Å²) >= 11 is 5.94. The lowest BCUT2D eigenvalue weighted by Crippen LogP contribution is -2.36. The Labute approximate surface area is 160 Å². The number of rotatable bonds is 5. The summed E-state index contributed by atoms with van der Waals surface area (Å²) in [5.74, 6) is 0. The highest BCUT2D eigenvalue weighted by atomic mass is 35.5. The van der Waals surface area contributed by atoms with Crippen molar-refractivity contribution in [2.75, 3.05) is 0 Å². The van der Waals surface area contributed by atoms with Gasteiger partial charge in [-0.2, -0.15) is 5.26 Å². The Morgan fingerprint density at radius 1 is 1.00 bits per heavy atom. The second-order valence-corrected chi connectivity index (χ2v) is 7.55. The summed E-state index contributed by atoms with van der Waals surface area (Å²) in [5, 5.41) is 9.43. The third-order valence-electron chi connectivity index (χ3n) is 3.62. The molecule has 0 heterocycles. The number of amides is 1. The molecule has 0 aliphatic heterocycles. The molecule has 136 valence electrons. The highest BCUT2D eigenvalue weighted by molar-refractivity contribution is 6.30. The van der Waals surface area contributed by atoms with Crippen LogP contribution in [0.3, 0.4) is 0 Å². The maximum Gasteiger partial charge on any atom is 0.410 e. The van der Waals surface area contributed by atoms with Crippen molar-refractivity contribution in [1.82, 2.24) is 4.90 Å². The number of halogens is 1. The van der Waals surface area contributed by atoms with Crippen molar-refractivity contribution in [3.05, 3.63) is 70.2 Å². The van der Waals surface area contributed by atoms with Gasteiger partial charge < -0.3 is 4.74 Å². The van der Waals surface area contributed by atoms with Gasteiger partial charge in [0.2, 0.25) is 0 Å². The molecule has 5 heteroatoms. The van der Waals surface area contributed by atoms with Gasteiger partial charge in [0.05, 0.1) is 12.5 Å². The number of hydrogen-bond acceptors (Lipinski definition) is 3. The van der Waals surface area contributed by atoms with Crippen LogP contribution in [0.5, 0.6) is 0 Å². The van der Waals surface area contributed by atoms with Crippen LogP contribution in [0.2, 0.25) is 5.02 Å². The van der Waals surface area contributed by atoms with E-state index in [1.807, 2.05) is 57.2 Å². The largest absolute Gasteiger partial charge is 0.444 e. The summed E-state index contributed by atoms with van der Waals surface area (Å²) in [6, 6.07) is 17.2. The minimum absolute atomic E-state index is 0.367. The van der Waals surface area contributed by atoms with Crippen molar-refractivity contribution < 1.29 is 9.53 Å². The Morgan fingerprint density at radius 3 is 1.92 bits per heavy atom. The first-order valence-electron chi connectivity index (χ1n) is 8.44. The predicted octanol–water partition coefficient (Wildman–Crippen LogP) is 5.34. The smallest absolute Gasteiger partial charge is 0.410 e. The van der Waals surface area contributed by atoms with E-state index in [9.17, 15) is 4.79 Å². The summed E-state index contributed by atoms with van der Waals surface area (Å²) < 4.78 is 5.55. The molecular weight excluding hydrogens is 348 g/mol. The first-order valence-corrected chi connectivity index (χ1v) is 8.82. The van der Waals surface area contributed by atoms with Crippen molar-refractivity contribution in [2.24, 2.45) is 0 Å². The number of carbonyl (C=O) groups is 1. The Morgan fingerprint density at radius 2 is 1.46 bits per heavy atom. The minimum Gasteiger partial charge on any atom is -0.444 e. The first-order chi connectivity index (χ1) is 12.3. The highest BCUT2D eigenvalue weighted by Gasteiger charge is 2.22. The molecular formula is C21H23ClN2O2. The Balaban J connectivity index is 2.17. The molecule has 1 amide bonds. The molecule has 0 fully saturated rings. The molecule has 0 saturated carbocycles. The monoisotopic (exact) mass is 370 g/mol. The number of benzene rings is 2. The fourth-order valence-electron chi connectivity index (χ4n) is 2.40. The molecule has 0 radical (unpaired) electrons. The molecule has 0 aliphatic rings. The highest BCUT2D eigenvalue weighted by Crippen LogP contribution is 2.17. The van der Waals surface area contributed by atoms with E-state index in [2.05, 4.69) is 6.07 Å². The zero-order chi connectivity index (χ0) is 19.2.